The molecule has 15 heteroatoms. The molecule has 0 spiro atoms. The molecule has 0 aliphatic rings. The van der Waals surface area contributed by atoms with Crippen LogP contribution >= 0.6 is 43.5 Å². The van der Waals surface area contributed by atoms with Crippen molar-refractivity contribution in [1.29, 1.82) is 0 Å². The van der Waals surface area contributed by atoms with Crippen molar-refractivity contribution >= 4 is 87.3 Å². The second kappa shape index (κ2) is 30.4. The second-order valence-corrected chi connectivity index (χ2v) is 12.4. The summed E-state index contributed by atoms with van der Waals surface area (Å²) in [4.78, 5) is 0. The molecule has 0 aliphatic heterocycles. The van der Waals surface area contributed by atoms with Crippen molar-refractivity contribution in [3.8, 4) is 0 Å². The van der Waals surface area contributed by atoms with Gasteiger partial charge in [0.1, 0.15) is 34.2 Å². The standard InChI is InChI=1S/C10H10BrNO.C10H10NO.C9H8BrNO.C9H8NO.CH3Cl.CH3.H2O.3Y/c1-12-6-9-5-7-4-8(11)2-3-10(7)13-9;1-11-7-9-6-8-4-2-3-5-10(8)12-9;10-7-1-2-9-6(3-7)4-8(5-11)12-9;10-6-8-5-7-3-1-2-4-9(7)11-8;1-2;;;;;/h2-5,12H,6H2,1H3;3-6,11H,7H2,1H3;1-4H,5,11H2;2-5H,6,10H2;1H3;1H3;1H2;;;/q;-1;;-1;;-1;;;;/p+1. The van der Waals surface area contributed by atoms with Crippen LogP contribution in [0.5, 0.6) is 0 Å². The maximum Gasteiger partial charge on any atom is 0.134 e. The summed E-state index contributed by atoms with van der Waals surface area (Å²) in [6, 6.07) is 37.2. The number of fused-ring (bicyclic) bond motifs is 4. The summed E-state index contributed by atoms with van der Waals surface area (Å²) in [5, 5.41) is 10.5. The van der Waals surface area contributed by atoms with Crippen LogP contribution in [0.1, 0.15) is 23.0 Å². The van der Waals surface area contributed by atoms with Gasteiger partial charge in [-0.05, 0) is 62.6 Å². The number of alkyl halides is 1. The first kappa shape index (κ1) is 56.5. The van der Waals surface area contributed by atoms with E-state index in [-0.39, 0.29) is 111 Å². The Labute approximate surface area is 420 Å². The number of hydrogen-bond acceptors (Lipinski definition) is 8. The minimum Gasteiger partial charge on any atom is -0.486 e. The van der Waals surface area contributed by atoms with Gasteiger partial charge >= 0.3 is 0 Å². The number of nitrogens with one attached hydrogen (secondary N) is 2. The van der Waals surface area contributed by atoms with Crippen LogP contribution in [-0.4, -0.2) is 20.5 Å². The van der Waals surface area contributed by atoms with Crippen LogP contribution in [0.4, 0.5) is 0 Å². The second-order valence-electron chi connectivity index (χ2n) is 10.6. The number of hydrogen-bond donors (Lipinski definition) is 4. The fourth-order valence-electron chi connectivity index (χ4n) is 4.82. The van der Waals surface area contributed by atoms with Gasteiger partial charge in [-0.15, -0.1) is 23.7 Å². The Morgan fingerprint density at radius 3 is 1.24 bits per heavy atom. The maximum absolute atomic E-state index is 5.58. The molecule has 0 aliphatic carbocycles. The monoisotopic (exact) mass is 1120 g/mol. The van der Waals surface area contributed by atoms with E-state index in [1.54, 1.807) is 0 Å². The molecule has 3 radical (unpaired) electrons. The summed E-state index contributed by atoms with van der Waals surface area (Å²) < 4.78 is 24.0. The Bertz CT molecular complexity index is 2160. The number of rotatable bonds is 6. The van der Waals surface area contributed by atoms with Crippen molar-refractivity contribution in [1.82, 2.24) is 10.6 Å². The molecule has 9 nitrogen and oxygen atoms in total. The van der Waals surface area contributed by atoms with Crippen molar-refractivity contribution in [2.75, 3.05) is 20.5 Å². The van der Waals surface area contributed by atoms with Gasteiger partial charge in [0.05, 0.1) is 26.2 Å². The van der Waals surface area contributed by atoms with Gasteiger partial charge in [0.2, 0.25) is 0 Å². The molecule has 4 aromatic heterocycles. The van der Waals surface area contributed by atoms with Crippen LogP contribution < -0.4 is 22.1 Å². The molecule has 4 heterocycles. The molecular weight excluding hydrogens is 1080 g/mol. The van der Waals surface area contributed by atoms with Crippen molar-refractivity contribution in [3.05, 3.63) is 149 Å². The average Bonchev–Trinajstić information content (AvgIpc) is 3.93. The predicted octanol–water partition coefficient (Wildman–Crippen LogP) is 9.59. The molecule has 8 rings (SSSR count). The fourth-order valence-corrected chi connectivity index (χ4v) is 5.58. The molecular formula is C40H45Br2ClN4O5Y3-2. The molecule has 0 fully saturated rings. The zero-order valence-electron chi connectivity index (χ0n) is 31.3. The molecule has 0 amide bonds. The smallest absolute Gasteiger partial charge is 0.134 e. The normalized spacial score (nSPS) is 9.53. The summed E-state index contributed by atoms with van der Waals surface area (Å²) >= 11 is 11.5. The van der Waals surface area contributed by atoms with Crippen molar-refractivity contribution in [2.45, 2.75) is 26.2 Å². The minimum absolute atomic E-state index is 0. The van der Waals surface area contributed by atoms with Gasteiger partial charge in [-0.2, -0.15) is 36.4 Å². The first-order chi connectivity index (χ1) is 24.4. The van der Waals surface area contributed by atoms with Gasteiger partial charge < -0.3 is 52.7 Å². The van der Waals surface area contributed by atoms with Crippen LogP contribution in [0.2, 0.25) is 0 Å². The van der Waals surface area contributed by atoms with Crippen LogP contribution in [0.3, 0.4) is 0 Å². The van der Waals surface area contributed by atoms with E-state index >= 15 is 0 Å². The molecule has 9 N–H and O–H groups in total. The number of nitrogens with two attached hydrogens (primary N) is 2. The Morgan fingerprint density at radius 2 is 0.873 bits per heavy atom. The SMILES string of the molecule is CCl.CNCc1cc2c[c-]ccc2o1.CNCc1cc2cc(Br)ccc2o1.NCc1cc2c[c-]ccc2o1.NCc1cc2cc(Br)ccc2o1.[CH3-].[OH3+].[Y].[Y].[Y]. The maximum atomic E-state index is 5.58. The van der Waals surface area contributed by atoms with E-state index in [4.69, 9.17) is 29.1 Å². The number of benzene rings is 4. The van der Waals surface area contributed by atoms with E-state index in [9.17, 15) is 0 Å². The summed E-state index contributed by atoms with van der Waals surface area (Å²) in [6.07, 6.45) is 1.47. The van der Waals surface area contributed by atoms with Crippen LogP contribution in [0.25, 0.3) is 43.9 Å². The van der Waals surface area contributed by atoms with Crippen molar-refractivity contribution < 1.29 is 121 Å². The number of furan rings is 4. The van der Waals surface area contributed by atoms with Gasteiger partial charge in [-0.1, -0.05) is 54.8 Å². The van der Waals surface area contributed by atoms with Crippen LogP contribution in [-0.2, 0) is 130 Å². The van der Waals surface area contributed by atoms with Gasteiger partial charge in [-0.25, -0.2) is 0 Å². The Hall–Kier alpha value is -0.598. The minimum atomic E-state index is 0. The molecule has 0 atom stereocenters. The predicted molar refractivity (Wildman–Crippen MR) is 222 cm³/mol. The zero-order valence-corrected chi connectivity index (χ0v) is 43.7. The van der Waals surface area contributed by atoms with E-state index in [2.05, 4.69) is 78.4 Å². The number of halogens is 3. The quantitative estimate of drug-likeness (QED) is 0.0728. The summed E-state index contributed by atoms with van der Waals surface area (Å²) in [5.74, 6) is 3.57. The molecule has 287 valence electrons. The Kier molecular flexibility index (Phi) is 31.3. The van der Waals surface area contributed by atoms with E-state index in [0.717, 1.165) is 89.0 Å². The van der Waals surface area contributed by atoms with Gasteiger partial charge in [0.15, 0.2) is 0 Å². The Balaban J connectivity index is 0. The summed E-state index contributed by atoms with van der Waals surface area (Å²) in [5.41, 5.74) is 14.5. The van der Waals surface area contributed by atoms with Crippen LogP contribution in [0, 0.1) is 19.6 Å². The largest absolute Gasteiger partial charge is 0.486 e. The molecule has 0 unspecified atom stereocenters. The molecule has 0 saturated heterocycles. The fraction of sp³-hybridized carbons (Fsp3) is 0.175. The summed E-state index contributed by atoms with van der Waals surface area (Å²) in [6.45, 7) is 2.45. The van der Waals surface area contributed by atoms with E-state index in [0.29, 0.717) is 13.1 Å². The molecule has 55 heavy (non-hydrogen) atoms. The van der Waals surface area contributed by atoms with E-state index < -0.39 is 0 Å². The third-order valence-electron chi connectivity index (χ3n) is 6.99. The van der Waals surface area contributed by atoms with Gasteiger partial charge in [-0.3, -0.25) is 0 Å². The molecule has 8 aromatic rings. The first-order valence-electron chi connectivity index (χ1n) is 15.6. The van der Waals surface area contributed by atoms with E-state index in [1.807, 2.05) is 99.0 Å². The van der Waals surface area contributed by atoms with Crippen molar-refractivity contribution in [2.24, 2.45) is 11.5 Å². The van der Waals surface area contributed by atoms with Crippen LogP contribution in [0.15, 0.2) is 124 Å². The van der Waals surface area contributed by atoms with Gasteiger partial charge in [0, 0.05) is 135 Å². The average molecular weight is 1120 g/mol. The Morgan fingerprint density at radius 1 is 0.545 bits per heavy atom. The van der Waals surface area contributed by atoms with Gasteiger partial charge in [0.25, 0.3) is 0 Å². The molecule has 0 saturated carbocycles. The third-order valence-corrected chi connectivity index (χ3v) is 7.97. The third kappa shape index (κ3) is 17.7. The van der Waals surface area contributed by atoms with E-state index in [1.165, 1.54) is 6.38 Å². The molecule has 4 aromatic carbocycles. The first-order valence-corrected chi connectivity index (χ1v) is 17.9. The molecule has 0 bridgehead atoms. The zero-order chi connectivity index (χ0) is 35.9. The summed E-state index contributed by atoms with van der Waals surface area (Å²) in [7, 11) is 3.81. The van der Waals surface area contributed by atoms with Crippen molar-refractivity contribution in [3.63, 3.8) is 0 Å². The topological polar surface area (TPSA) is 162 Å².